The van der Waals surface area contributed by atoms with Gasteiger partial charge in [0.2, 0.25) is 0 Å². The highest BCUT2D eigenvalue weighted by Gasteiger charge is 2.38. The number of hydrogen-bond donors (Lipinski definition) is 1. The van der Waals surface area contributed by atoms with Gasteiger partial charge < -0.3 is 14.8 Å². The number of fused-ring (bicyclic) bond motifs is 1. The number of ether oxygens (including phenoxy) is 2. The Labute approximate surface area is 186 Å². The molecule has 0 spiro atoms. The van der Waals surface area contributed by atoms with E-state index in [1.54, 1.807) is 21.9 Å². The summed E-state index contributed by atoms with van der Waals surface area (Å²) in [6.45, 7) is 3.00. The molecule has 0 atom stereocenters. The number of nitrogens with zero attached hydrogens (tertiary/aromatic N) is 4. The maximum absolute atomic E-state index is 12.1. The Balaban J connectivity index is 1.43. The van der Waals surface area contributed by atoms with Gasteiger partial charge in [-0.1, -0.05) is 18.2 Å². The van der Waals surface area contributed by atoms with Gasteiger partial charge in [0.25, 0.3) is 5.79 Å². The Hall–Kier alpha value is -4.05. The van der Waals surface area contributed by atoms with Crippen LogP contribution in [0.4, 0.5) is 5.69 Å². The van der Waals surface area contributed by atoms with Crippen LogP contribution < -0.4 is 5.32 Å². The maximum Gasteiger partial charge on any atom is 0.350 e. The first kappa shape index (κ1) is 19.9. The van der Waals surface area contributed by atoms with E-state index in [2.05, 4.69) is 15.5 Å². The summed E-state index contributed by atoms with van der Waals surface area (Å²) in [6.07, 6.45) is 1.28. The monoisotopic (exact) mass is 447 g/mol. The average molecular weight is 447 g/mol. The molecule has 1 saturated heterocycles. The van der Waals surface area contributed by atoms with Crippen molar-refractivity contribution in [1.82, 2.24) is 19.8 Å². The summed E-state index contributed by atoms with van der Waals surface area (Å²) in [4.78, 5) is 25.2. The van der Waals surface area contributed by atoms with Crippen molar-refractivity contribution in [2.75, 3.05) is 5.32 Å². The lowest BCUT2D eigenvalue weighted by Gasteiger charge is -2.29. The molecule has 4 aromatic rings. The number of esters is 2. The molecule has 32 heavy (non-hydrogen) atoms. The molecule has 5 rings (SSSR count). The molecule has 0 amide bonds. The van der Waals surface area contributed by atoms with E-state index in [1.807, 2.05) is 47.8 Å². The van der Waals surface area contributed by atoms with Gasteiger partial charge in [0.05, 0.1) is 10.6 Å². The highest BCUT2D eigenvalue weighted by Crippen LogP contribution is 2.26. The van der Waals surface area contributed by atoms with E-state index in [0.717, 1.165) is 10.4 Å². The molecule has 1 N–H and O–H groups in total. The van der Waals surface area contributed by atoms with E-state index < -0.39 is 17.7 Å². The topological polar surface area (TPSA) is 108 Å². The molecule has 160 valence electrons. The fourth-order valence-corrected chi connectivity index (χ4v) is 3.90. The van der Waals surface area contributed by atoms with Gasteiger partial charge in [0, 0.05) is 31.3 Å². The fraction of sp³-hybridized carbons (Fsp3) is 0.136. The Morgan fingerprint density at radius 3 is 2.59 bits per heavy atom. The second-order valence-corrected chi connectivity index (χ2v) is 8.40. The van der Waals surface area contributed by atoms with Crippen LogP contribution in [0.2, 0.25) is 0 Å². The van der Waals surface area contributed by atoms with Crippen LogP contribution >= 0.6 is 11.3 Å². The van der Waals surface area contributed by atoms with Crippen molar-refractivity contribution in [3.05, 3.63) is 65.7 Å². The Morgan fingerprint density at radius 1 is 1.03 bits per heavy atom. The summed E-state index contributed by atoms with van der Waals surface area (Å²) in [6, 6.07) is 15.0. The predicted octanol–water partition coefficient (Wildman–Crippen LogP) is 3.65. The molecular weight excluding hydrogens is 430 g/mol. The van der Waals surface area contributed by atoms with E-state index in [4.69, 9.17) is 14.6 Å². The quantitative estimate of drug-likeness (QED) is 0.287. The molecule has 4 heterocycles. The molecule has 0 unspecified atom stereocenters. The Bertz CT molecular complexity index is 1350. The second-order valence-electron chi connectivity index (χ2n) is 7.45. The maximum atomic E-state index is 12.1. The van der Waals surface area contributed by atoms with Gasteiger partial charge in [-0.3, -0.25) is 0 Å². The average Bonchev–Trinajstić information content (AvgIpc) is 3.41. The van der Waals surface area contributed by atoms with Crippen LogP contribution in [-0.4, -0.2) is 37.5 Å². The molecule has 0 saturated carbocycles. The van der Waals surface area contributed by atoms with Gasteiger partial charge in [-0.15, -0.1) is 21.5 Å². The van der Waals surface area contributed by atoms with Crippen molar-refractivity contribution in [2.24, 2.45) is 0 Å². The number of anilines is 1. The lowest BCUT2D eigenvalue weighted by molar-refractivity contribution is -0.222. The van der Waals surface area contributed by atoms with Crippen molar-refractivity contribution >= 4 is 34.6 Å². The largest absolute Gasteiger partial charge is 0.419 e. The van der Waals surface area contributed by atoms with E-state index in [-0.39, 0.29) is 5.57 Å². The summed E-state index contributed by atoms with van der Waals surface area (Å²) < 4.78 is 11.9. The first-order chi connectivity index (χ1) is 15.4. The SMILES string of the molecule is CC1(C)OC(=O)C(=CNc2cccc(-c3ccc4nnc(-c5cccs5)n4n3)c2)C(=O)O1. The summed E-state index contributed by atoms with van der Waals surface area (Å²) >= 11 is 1.56. The first-order valence-corrected chi connectivity index (χ1v) is 10.6. The number of carbonyl (C=O) groups is 2. The summed E-state index contributed by atoms with van der Waals surface area (Å²) in [5.41, 5.74) is 2.64. The van der Waals surface area contributed by atoms with E-state index >= 15 is 0 Å². The minimum atomic E-state index is -1.28. The third kappa shape index (κ3) is 3.71. The van der Waals surface area contributed by atoms with Crippen molar-refractivity contribution in [2.45, 2.75) is 19.6 Å². The van der Waals surface area contributed by atoms with Crippen LogP contribution in [0.15, 0.2) is 65.7 Å². The van der Waals surface area contributed by atoms with Gasteiger partial charge in [-0.05, 0) is 35.7 Å². The number of thiophene rings is 1. The molecule has 9 nitrogen and oxygen atoms in total. The molecule has 0 bridgehead atoms. The molecule has 0 aliphatic carbocycles. The van der Waals surface area contributed by atoms with Gasteiger partial charge >= 0.3 is 11.9 Å². The van der Waals surface area contributed by atoms with Crippen LogP contribution in [0, 0.1) is 0 Å². The smallest absolute Gasteiger partial charge is 0.350 e. The summed E-state index contributed by atoms with van der Waals surface area (Å²) in [5, 5.41) is 18.1. The molecule has 1 aromatic carbocycles. The minimum Gasteiger partial charge on any atom is -0.419 e. The van der Waals surface area contributed by atoms with Gasteiger partial charge in [-0.25, -0.2) is 9.59 Å². The van der Waals surface area contributed by atoms with Crippen molar-refractivity contribution in [3.63, 3.8) is 0 Å². The molecule has 10 heteroatoms. The van der Waals surface area contributed by atoms with Crippen molar-refractivity contribution < 1.29 is 19.1 Å². The van der Waals surface area contributed by atoms with Crippen LogP contribution in [0.1, 0.15) is 13.8 Å². The third-order valence-electron chi connectivity index (χ3n) is 4.66. The highest BCUT2D eigenvalue weighted by molar-refractivity contribution is 7.13. The zero-order valence-corrected chi connectivity index (χ0v) is 17.9. The van der Waals surface area contributed by atoms with Crippen molar-refractivity contribution in [3.8, 4) is 22.0 Å². The van der Waals surface area contributed by atoms with E-state index in [9.17, 15) is 9.59 Å². The van der Waals surface area contributed by atoms with E-state index in [0.29, 0.717) is 22.9 Å². The molecule has 3 aromatic heterocycles. The Kier molecular flexibility index (Phi) is 4.71. The normalized spacial score (nSPS) is 15.4. The number of benzene rings is 1. The molecule has 0 radical (unpaired) electrons. The number of nitrogens with one attached hydrogen (secondary N) is 1. The highest BCUT2D eigenvalue weighted by atomic mass is 32.1. The summed E-state index contributed by atoms with van der Waals surface area (Å²) in [5.74, 6) is -2.08. The fourth-order valence-electron chi connectivity index (χ4n) is 3.20. The molecule has 1 aliphatic rings. The molecular formula is C22H17N5O4S. The van der Waals surface area contributed by atoms with Crippen LogP contribution in [-0.2, 0) is 19.1 Å². The summed E-state index contributed by atoms with van der Waals surface area (Å²) in [7, 11) is 0. The Morgan fingerprint density at radius 2 is 1.84 bits per heavy atom. The first-order valence-electron chi connectivity index (χ1n) is 9.70. The predicted molar refractivity (Wildman–Crippen MR) is 117 cm³/mol. The van der Waals surface area contributed by atoms with E-state index in [1.165, 1.54) is 20.0 Å². The van der Waals surface area contributed by atoms with Gasteiger partial charge in [0.1, 0.15) is 0 Å². The third-order valence-corrected chi connectivity index (χ3v) is 5.53. The van der Waals surface area contributed by atoms with Gasteiger partial charge in [-0.2, -0.15) is 9.61 Å². The number of carbonyl (C=O) groups excluding carboxylic acids is 2. The zero-order valence-electron chi connectivity index (χ0n) is 17.1. The van der Waals surface area contributed by atoms with Crippen molar-refractivity contribution in [1.29, 1.82) is 0 Å². The second kappa shape index (κ2) is 7.57. The zero-order chi connectivity index (χ0) is 22.3. The number of cyclic esters (lactones) is 2. The number of hydrogen-bond acceptors (Lipinski definition) is 9. The lowest BCUT2D eigenvalue weighted by Crippen LogP contribution is -2.42. The van der Waals surface area contributed by atoms with Crippen LogP contribution in [0.5, 0.6) is 0 Å². The number of rotatable bonds is 4. The molecule has 1 fully saturated rings. The number of aromatic nitrogens is 4. The minimum absolute atomic E-state index is 0.209. The standard InChI is InChI=1S/C22H17N5O4S/c1-22(2)30-20(28)15(21(29)31-22)12-23-14-6-3-5-13(11-14)16-8-9-18-24-25-19(27(18)26-16)17-7-4-10-32-17/h3-12,23H,1-2H3. The lowest BCUT2D eigenvalue weighted by atomic mass is 10.1. The van der Waals surface area contributed by atoms with Crippen LogP contribution in [0.25, 0.3) is 27.6 Å². The molecule has 1 aliphatic heterocycles. The van der Waals surface area contributed by atoms with Gasteiger partial charge in [0.15, 0.2) is 17.0 Å². The van der Waals surface area contributed by atoms with Crippen LogP contribution in [0.3, 0.4) is 0 Å².